The van der Waals surface area contributed by atoms with E-state index in [4.69, 9.17) is 4.74 Å². The van der Waals surface area contributed by atoms with Gasteiger partial charge in [0.25, 0.3) is 5.91 Å². The van der Waals surface area contributed by atoms with Gasteiger partial charge in [-0.3, -0.25) is 9.52 Å². The minimum Gasteiger partial charge on any atom is -0.484 e. The molecule has 6 nitrogen and oxygen atoms in total. The highest BCUT2D eigenvalue weighted by molar-refractivity contribution is 7.92. The zero-order valence-electron chi connectivity index (χ0n) is 13.7. The molecule has 2 aromatic carbocycles. The Kier molecular flexibility index (Phi) is 6.35. The molecule has 0 fully saturated rings. The Hall–Kier alpha value is -2.61. The summed E-state index contributed by atoms with van der Waals surface area (Å²) < 4.78 is 43.8. The highest BCUT2D eigenvalue weighted by Crippen LogP contribution is 2.15. The summed E-state index contributed by atoms with van der Waals surface area (Å²) in [4.78, 5) is 11.8. The van der Waals surface area contributed by atoms with Crippen molar-refractivity contribution in [3.05, 3.63) is 54.3 Å². The quantitative estimate of drug-likeness (QED) is 0.752. The Morgan fingerprint density at radius 2 is 1.64 bits per heavy atom. The Bertz CT molecular complexity index is 806. The molecular weight excluding hydrogens is 347 g/mol. The van der Waals surface area contributed by atoms with Crippen molar-refractivity contribution in [2.75, 3.05) is 22.4 Å². The summed E-state index contributed by atoms with van der Waals surface area (Å²) in [6, 6.07) is 11.6. The predicted octanol–water partition coefficient (Wildman–Crippen LogP) is 2.99. The maximum Gasteiger partial charge on any atom is 0.262 e. The van der Waals surface area contributed by atoms with Gasteiger partial charge in [-0.2, -0.15) is 0 Å². The van der Waals surface area contributed by atoms with Crippen LogP contribution in [0.15, 0.2) is 48.5 Å². The normalized spacial score (nSPS) is 11.0. The van der Waals surface area contributed by atoms with Gasteiger partial charge in [0.15, 0.2) is 6.61 Å². The van der Waals surface area contributed by atoms with Gasteiger partial charge in [-0.1, -0.05) is 6.92 Å². The number of sulfonamides is 1. The molecular formula is C17H19FN2O4S. The van der Waals surface area contributed by atoms with Crippen molar-refractivity contribution < 1.29 is 22.3 Å². The minimum atomic E-state index is -3.35. The molecule has 0 aliphatic rings. The number of ether oxygens (including phenoxy) is 1. The lowest BCUT2D eigenvalue weighted by atomic mass is 10.3. The second-order valence-corrected chi connectivity index (χ2v) is 7.13. The predicted molar refractivity (Wildman–Crippen MR) is 94.7 cm³/mol. The number of carbonyl (C=O) groups is 1. The third-order valence-electron chi connectivity index (χ3n) is 3.10. The standard InChI is InChI=1S/C17H19FN2O4S/c1-2-11-25(22,23)20-15-7-5-14(6-8-15)19-17(21)12-24-16-9-3-13(18)4-10-16/h3-10,20H,2,11-12H2,1H3,(H,19,21). The van der Waals surface area contributed by atoms with Crippen LogP contribution in [0, 0.1) is 5.82 Å². The molecule has 0 aliphatic carbocycles. The van der Waals surface area contributed by atoms with Gasteiger partial charge >= 0.3 is 0 Å². The van der Waals surface area contributed by atoms with Crippen molar-refractivity contribution in [3.63, 3.8) is 0 Å². The molecule has 1 amide bonds. The van der Waals surface area contributed by atoms with Crippen molar-refractivity contribution >= 4 is 27.3 Å². The second kappa shape index (κ2) is 8.48. The summed E-state index contributed by atoms with van der Waals surface area (Å²) in [5.74, 6) is -0.334. The second-order valence-electron chi connectivity index (χ2n) is 5.29. The Morgan fingerprint density at radius 3 is 2.24 bits per heavy atom. The van der Waals surface area contributed by atoms with E-state index in [2.05, 4.69) is 10.0 Å². The lowest BCUT2D eigenvalue weighted by Gasteiger charge is -2.09. The first-order chi connectivity index (χ1) is 11.9. The smallest absolute Gasteiger partial charge is 0.262 e. The monoisotopic (exact) mass is 366 g/mol. The molecule has 0 atom stereocenters. The Balaban J connectivity index is 1.85. The molecule has 2 rings (SSSR count). The van der Waals surface area contributed by atoms with Crippen LogP contribution in [-0.2, 0) is 14.8 Å². The number of hydrogen-bond acceptors (Lipinski definition) is 4. The number of halogens is 1. The van der Waals surface area contributed by atoms with Crippen LogP contribution in [0.2, 0.25) is 0 Å². The van der Waals surface area contributed by atoms with Crippen molar-refractivity contribution in [1.29, 1.82) is 0 Å². The van der Waals surface area contributed by atoms with E-state index in [1.165, 1.54) is 24.3 Å². The van der Waals surface area contributed by atoms with E-state index in [-0.39, 0.29) is 24.1 Å². The van der Waals surface area contributed by atoms with Crippen LogP contribution in [0.1, 0.15) is 13.3 Å². The number of hydrogen-bond donors (Lipinski definition) is 2. The molecule has 0 saturated heterocycles. The largest absolute Gasteiger partial charge is 0.484 e. The lowest BCUT2D eigenvalue weighted by Crippen LogP contribution is -2.20. The lowest BCUT2D eigenvalue weighted by molar-refractivity contribution is -0.118. The number of nitrogens with one attached hydrogen (secondary N) is 2. The SMILES string of the molecule is CCCS(=O)(=O)Nc1ccc(NC(=O)COc2ccc(F)cc2)cc1. The van der Waals surface area contributed by atoms with E-state index >= 15 is 0 Å². The van der Waals surface area contributed by atoms with Crippen molar-refractivity contribution in [1.82, 2.24) is 0 Å². The van der Waals surface area contributed by atoms with Crippen LogP contribution in [0.25, 0.3) is 0 Å². The third-order valence-corrected chi connectivity index (χ3v) is 4.59. The van der Waals surface area contributed by atoms with Gasteiger partial charge in [-0.05, 0) is 55.0 Å². The Morgan fingerprint density at radius 1 is 1.04 bits per heavy atom. The molecule has 2 N–H and O–H groups in total. The van der Waals surface area contributed by atoms with Gasteiger partial charge in [-0.25, -0.2) is 12.8 Å². The van der Waals surface area contributed by atoms with E-state index in [0.29, 0.717) is 23.5 Å². The molecule has 0 aliphatic heterocycles. The van der Waals surface area contributed by atoms with Gasteiger partial charge < -0.3 is 10.1 Å². The fourth-order valence-corrected chi connectivity index (χ4v) is 3.13. The van der Waals surface area contributed by atoms with Gasteiger partial charge in [-0.15, -0.1) is 0 Å². The summed E-state index contributed by atoms with van der Waals surface area (Å²) in [7, 11) is -3.35. The van der Waals surface area contributed by atoms with Gasteiger partial charge in [0.1, 0.15) is 11.6 Å². The number of carbonyl (C=O) groups excluding carboxylic acids is 1. The van der Waals surface area contributed by atoms with Gasteiger partial charge in [0.05, 0.1) is 5.75 Å². The van der Waals surface area contributed by atoms with Crippen LogP contribution < -0.4 is 14.8 Å². The highest BCUT2D eigenvalue weighted by Gasteiger charge is 2.09. The molecule has 0 radical (unpaired) electrons. The first-order valence-electron chi connectivity index (χ1n) is 7.67. The first kappa shape index (κ1) is 18.7. The third kappa shape index (κ3) is 6.42. The van der Waals surface area contributed by atoms with E-state index in [1.54, 1.807) is 31.2 Å². The molecule has 134 valence electrons. The number of rotatable bonds is 8. The summed E-state index contributed by atoms with van der Waals surface area (Å²) in [5, 5.41) is 2.62. The Labute approximate surface area is 146 Å². The van der Waals surface area contributed by atoms with Gasteiger partial charge in [0, 0.05) is 11.4 Å². The van der Waals surface area contributed by atoms with Gasteiger partial charge in [0.2, 0.25) is 10.0 Å². The van der Waals surface area contributed by atoms with Crippen LogP contribution in [0.5, 0.6) is 5.75 Å². The zero-order valence-corrected chi connectivity index (χ0v) is 14.5. The topological polar surface area (TPSA) is 84.5 Å². The van der Waals surface area contributed by atoms with E-state index in [9.17, 15) is 17.6 Å². The van der Waals surface area contributed by atoms with Crippen molar-refractivity contribution in [2.24, 2.45) is 0 Å². The number of anilines is 2. The average molecular weight is 366 g/mol. The van der Waals surface area contributed by atoms with Crippen LogP contribution in [0.3, 0.4) is 0 Å². The molecule has 0 spiro atoms. The minimum absolute atomic E-state index is 0.0478. The highest BCUT2D eigenvalue weighted by atomic mass is 32.2. The molecule has 0 saturated carbocycles. The van der Waals surface area contributed by atoms with E-state index in [0.717, 1.165) is 0 Å². The fourth-order valence-electron chi connectivity index (χ4n) is 2.00. The molecule has 25 heavy (non-hydrogen) atoms. The van der Waals surface area contributed by atoms with E-state index < -0.39 is 10.0 Å². The molecule has 0 unspecified atom stereocenters. The summed E-state index contributed by atoms with van der Waals surface area (Å²) in [6.45, 7) is 1.56. The molecule has 0 bridgehead atoms. The summed E-state index contributed by atoms with van der Waals surface area (Å²) in [6.07, 6.45) is 0.525. The maximum absolute atomic E-state index is 12.8. The number of amides is 1. The zero-order chi connectivity index (χ0) is 18.3. The van der Waals surface area contributed by atoms with Crippen LogP contribution in [0.4, 0.5) is 15.8 Å². The molecule has 0 heterocycles. The first-order valence-corrected chi connectivity index (χ1v) is 9.32. The van der Waals surface area contributed by atoms with Crippen LogP contribution in [-0.4, -0.2) is 26.7 Å². The van der Waals surface area contributed by atoms with Crippen LogP contribution >= 0.6 is 0 Å². The number of benzene rings is 2. The maximum atomic E-state index is 12.8. The van der Waals surface area contributed by atoms with E-state index in [1.807, 2.05) is 0 Å². The summed E-state index contributed by atoms with van der Waals surface area (Å²) >= 11 is 0. The molecule has 8 heteroatoms. The van der Waals surface area contributed by atoms with Crippen molar-refractivity contribution in [3.8, 4) is 5.75 Å². The molecule has 0 aromatic heterocycles. The molecule has 2 aromatic rings. The average Bonchev–Trinajstić information content (AvgIpc) is 2.56. The van der Waals surface area contributed by atoms with Crippen molar-refractivity contribution in [2.45, 2.75) is 13.3 Å². The summed E-state index contributed by atoms with van der Waals surface area (Å²) in [5.41, 5.74) is 0.931. The fraction of sp³-hybridized carbons (Fsp3) is 0.235.